The Morgan fingerprint density at radius 3 is 2.85 bits per heavy atom. The summed E-state index contributed by atoms with van der Waals surface area (Å²) in [6.45, 7) is 2.14. The predicted octanol–water partition coefficient (Wildman–Crippen LogP) is 1.69. The predicted molar refractivity (Wildman–Crippen MR) is 100 cm³/mol. The van der Waals surface area contributed by atoms with E-state index in [1.807, 2.05) is 6.92 Å². The molecule has 2 aliphatic rings. The van der Waals surface area contributed by atoms with Gasteiger partial charge in [-0.3, -0.25) is 9.59 Å². The molecular formula is C17H22ClN3O5S. The zero-order valence-electron chi connectivity index (χ0n) is 15.2. The van der Waals surface area contributed by atoms with Crippen molar-refractivity contribution < 1.29 is 22.7 Å². The zero-order chi connectivity index (χ0) is 19.8. The number of carbonyl (C=O) groups excluding carboxylic acids is 2. The second-order valence-corrected chi connectivity index (χ2v) is 9.23. The summed E-state index contributed by atoms with van der Waals surface area (Å²) >= 11 is 6.14. The fourth-order valence-electron chi connectivity index (χ4n) is 3.28. The first-order chi connectivity index (χ1) is 12.7. The molecule has 0 aliphatic carbocycles. The first-order valence-corrected chi connectivity index (χ1v) is 10.5. The quantitative estimate of drug-likeness (QED) is 0.807. The van der Waals surface area contributed by atoms with E-state index in [1.54, 1.807) is 4.90 Å². The van der Waals surface area contributed by atoms with Gasteiger partial charge in [0.15, 0.2) is 6.61 Å². The van der Waals surface area contributed by atoms with Crippen molar-refractivity contribution in [3.05, 3.63) is 17.2 Å². The summed E-state index contributed by atoms with van der Waals surface area (Å²) in [6, 6.07) is 2.71. The highest BCUT2D eigenvalue weighted by Crippen LogP contribution is 2.36. The van der Waals surface area contributed by atoms with E-state index in [2.05, 4.69) is 5.32 Å². The Bertz CT molecular complexity index is 874. The molecule has 148 valence electrons. The van der Waals surface area contributed by atoms with Crippen molar-refractivity contribution in [2.24, 2.45) is 0 Å². The Morgan fingerprint density at radius 1 is 1.41 bits per heavy atom. The Morgan fingerprint density at radius 2 is 2.15 bits per heavy atom. The van der Waals surface area contributed by atoms with Crippen LogP contribution >= 0.6 is 11.6 Å². The van der Waals surface area contributed by atoms with Gasteiger partial charge in [0.05, 0.1) is 17.3 Å². The molecule has 1 N–H and O–H groups in total. The van der Waals surface area contributed by atoms with E-state index in [0.29, 0.717) is 12.2 Å². The zero-order valence-corrected chi connectivity index (χ0v) is 16.8. The summed E-state index contributed by atoms with van der Waals surface area (Å²) < 4.78 is 32.1. The molecule has 0 bridgehead atoms. The molecule has 2 aliphatic heterocycles. The van der Waals surface area contributed by atoms with Crippen LogP contribution in [0.15, 0.2) is 17.0 Å². The third-order valence-electron chi connectivity index (χ3n) is 4.84. The summed E-state index contributed by atoms with van der Waals surface area (Å²) in [7, 11) is -2.66. The summed E-state index contributed by atoms with van der Waals surface area (Å²) in [5, 5.41) is 2.52. The third-order valence-corrected chi connectivity index (χ3v) is 7.10. The Hall–Kier alpha value is -1.84. The number of piperidine rings is 1. The van der Waals surface area contributed by atoms with E-state index in [4.69, 9.17) is 16.3 Å². The molecule has 27 heavy (non-hydrogen) atoms. The van der Waals surface area contributed by atoms with Crippen molar-refractivity contribution in [1.82, 2.24) is 9.21 Å². The molecule has 1 aromatic rings. The van der Waals surface area contributed by atoms with Crippen LogP contribution in [0.3, 0.4) is 0 Å². The van der Waals surface area contributed by atoms with E-state index in [0.717, 1.165) is 23.6 Å². The molecule has 3 rings (SSSR count). The number of amides is 2. The highest BCUT2D eigenvalue weighted by molar-refractivity contribution is 7.89. The normalized spacial score (nSPS) is 20.1. The molecule has 0 radical (unpaired) electrons. The van der Waals surface area contributed by atoms with Gasteiger partial charge in [0.2, 0.25) is 15.9 Å². The van der Waals surface area contributed by atoms with Crippen LogP contribution in [0, 0.1) is 0 Å². The number of benzene rings is 1. The summed E-state index contributed by atoms with van der Waals surface area (Å²) in [6.07, 6.45) is 2.91. The molecule has 2 heterocycles. The van der Waals surface area contributed by atoms with Gasteiger partial charge in [0, 0.05) is 25.7 Å². The van der Waals surface area contributed by atoms with Crippen LogP contribution in [0.1, 0.15) is 26.2 Å². The van der Waals surface area contributed by atoms with E-state index >= 15 is 0 Å². The topological polar surface area (TPSA) is 96.0 Å². The molecule has 0 aromatic heterocycles. The molecule has 0 unspecified atom stereocenters. The minimum atomic E-state index is -4.01. The SMILES string of the molecule is C[C@H]1CCCCN1C(=O)CN(C)S(=O)(=O)c1cc2c(cc1Cl)NC(=O)CO2. The van der Waals surface area contributed by atoms with Crippen molar-refractivity contribution in [2.75, 3.05) is 32.1 Å². The van der Waals surface area contributed by atoms with Gasteiger partial charge in [0.1, 0.15) is 10.6 Å². The minimum Gasteiger partial charge on any atom is -0.482 e. The van der Waals surface area contributed by atoms with Crippen molar-refractivity contribution in [3.8, 4) is 5.75 Å². The lowest BCUT2D eigenvalue weighted by Gasteiger charge is -2.34. The molecule has 0 spiro atoms. The Kier molecular flexibility index (Phi) is 5.64. The summed E-state index contributed by atoms with van der Waals surface area (Å²) in [5.74, 6) is -0.347. The molecule has 10 heteroatoms. The number of nitrogens with one attached hydrogen (secondary N) is 1. The molecule has 2 amide bonds. The van der Waals surface area contributed by atoms with Gasteiger partial charge < -0.3 is 15.0 Å². The van der Waals surface area contributed by atoms with Crippen LogP contribution in [-0.4, -0.2) is 62.2 Å². The summed E-state index contributed by atoms with van der Waals surface area (Å²) in [4.78, 5) is 25.5. The average molecular weight is 416 g/mol. The molecule has 0 saturated carbocycles. The summed E-state index contributed by atoms with van der Waals surface area (Å²) in [5.41, 5.74) is 0.316. The minimum absolute atomic E-state index is 0.0508. The highest BCUT2D eigenvalue weighted by atomic mass is 35.5. The molecule has 1 saturated heterocycles. The number of rotatable bonds is 4. The maximum atomic E-state index is 12.9. The maximum absolute atomic E-state index is 12.9. The van der Waals surface area contributed by atoms with Crippen LogP contribution in [0.2, 0.25) is 5.02 Å². The van der Waals surface area contributed by atoms with Gasteiger partial charge in [-0.2, -0.15) is 4.31 Å². The second kappa shape index (κ2) is 7.65. The lowest BCUT2D eigenvalue weighted by Crippen LogP contribution is -2.47. The first kappa shape index (κ1) is 19.9. The lowest BCUT2D eigenvalue weighted by molar-refractivity contribution is -0.134. The number of sulfonamides is 1. The average Bonchev–Trinajstić information content (AvgIpc) is 2.61. The van der Waals surface area contributed by atoms with Crippen LogP contribution < -0.4 is 10.1 Å². The molecule has 1 aromatic carbocycles. The van der Waals surface area contributed by atoms with Crippen LogP contribution in [0.25, 0.3) is 0 Å². The molecule has 8 nitrogen and oxygen atoms in total. The number of likely N-dealkylation sites (N-methyl/N-ethyl adjacent to an activating group) is 1. The number of nitrogens with zero attached hydrogens (tertiary/aromatic N) is 2. The van der Waals surface area contributed by atoms with Crippen LogP contribution in [0.4, 0.5) is 5.69 Å². The lowest BCUT2D eigenvalue weighted by atomic mass is 10.0. The second-order valence-electron chi connectivity index (χ2n) is 6.81. The standard InChI is InChI=1S/C17H22ClN3O5S/c1-11-5-3-4-6-21(11)17(23)9-20(2)27(24,25)15-8-14-13(7-12(15)18)19-16(22)10-26-14/h7-8,11H,3-6,9-10H2,1-2H3,(H,19,22)/t11-/m0/s1. The van der Waals surface area contributed by atoms with Gasteiger partial charge in [-0.1, -0.05) is 11.6 Å². The van der Waals surface area contributed by atoms with E-state index in [-0.39, 0.29) is 46.7 Å². The van der Waals surface area contributed by atoms with Crippen molar-refractivity contribution in [2.45, 2.75) is 37.1 Å². The maximum Gasteiger partial charge on any atom is 0.262 e. The van der Waals surface area contributed by atoms with E-state index in [9.17, 15) is 18.0 Å². The Labute approximate surface area is 163 Å². The van der Waals surface area contributed by atoms with Gasteiger partial charge in [-0.05, 0) is 32.3 Å². The van der Waals surface area contributed by atoms with Gasteiger partial charge in [-0.25, -0.2) is 8.42 Å². The number of hydrogen-bond acceptors (Lipinski definition) is 5. The van der Waals surface area contributed by atoms with E-state index < -0.39 is 10.0 Å². The number of halogens is 1. The third kappa shape index (κ3) is 4.04. The fraction of sp³-hybridized carbons (Fsp3) is 0.529. The molecule has 1 fully saturated rings. The number of ether oxygens (including phenoxy) is 1. The van der Waals surface area contributed by atoms with Gasteiger partial charge in [-0.15, -0.1) is 0 Å². The molecule has 1 atom stereocenters. The van der Waals surface area contributed by atoms with Gasteiger partial charge >= 0.3 is 0 Å². The largest absolute Gasteiger partial charge is 0.482 e. The number of likely N-dealkylation sites (tertiary alicyclic amines) is 1. The molecular weight excluding hydrogens is 394 g/mol. The van der Waals surface area contributed by atoms with E-state index in [1.165, 1.54) is 19.2 Å². The van der Waals surface area contributed by atoms with Crippen molar-refractivity contribution >= 4 is 39.1 Å². The number of carbonyl (C=O) groups is 2. The first-order valence-electron chi connectivity index (χ1n) is 8.72. The van der Waals surface area contributed by atoms with Crippen molar-refractivity contribution in [1.29, 1.82) is 0 Å². The number of anilines is 1. The monoisotopic (exact) mass is 415 g/mol. The van der Waals surface area contributed by atoms with Gasteiger partial charge in [0.25, 0.3) is 5.91 Å². The number of fused-ring (bicyclic) bond motifs is 1. The highest BCUT2D eigenvalue weighted by Gasteiger charge is 2.31. The van der Waals surface area contributed by atoms with Crippen LogP contribution in [-0.2, 0) is 19.6 Å². The fourth-order valence-corrected chi connectivity index (χ4v) is 4.92. The Balaban J connectivity index is 1.81. The number of hydrogen-bond donors (Lipinski definition) is 1. The smallest absolute Gasteiger partial charge is 0.262 e. The van der Waals surface area contributed by atoms with Crippen LogP contribution in [0.5, 0.6) is 5.75 Å². The van der Waals surface area contributed by atoms with Crippen molar-refractivity contribution in [3.63, 3.8) is 0 Å².